The SMILES string of the molecule is CCNC(=NCC1CCCC1O)N1CC=C(c2cccc(OC)c2)CC1.I. The van der Waals surface area contributed by atoms with Crippen LogP contribution in [0.15, 0.2) is 35.3 Å². The van der Waals surface area contributed by atoms with Crippen LogP contribution in [0, 0.1) is 5.92 Å². The lowest BCUT2D eigenvalue weighted by Gasteiger charge is -2.30. The molecular weight excluding hydrogens is 453 g/mol. The first-order valence-corrected chi connectivity index (χ1v) is 9.76. The fourth-order valence-electron chi connectivity index (χ4n) is 3.81. The minimum Gasteiger partial charge on any atom is -0.497 e. The first-order valence-electron chi connectivity index (χ1n) is 9.76. The van der Waals surface area contributed by atoms with Gasteiger partial charge in [-0.2, -0.15) is 0 Å². The molecule has 1 aliphatic heterocycles. The summed E-state index contributed by atoms with van der Waals surface area (Å²) in [5, 5.41) is 13.4. The zero-order valence-corrected chi connectivity index (χ0v) is 18.7. The van der Waals surface area contributed by atoms with Gasteiger partial charge in [0.2, 0.25) is 0 Å². The normalized spacial score (nSPS) is 22.9. The van der Waals surface area contributed by atoms with Gasteiger partial charge in [-0.05, 0) is 49.5 Å². The Bertz CT molecular complexity index is 663. The first-order chi connectivity index (χ1) is 12.7. The second-order valence-corrected chi connectivity index (χ2v) is 7.11. The molecule has 2 atom stereocenters. The summed E-state index contributed by atoms with van der Waals surface area (Å²) in [5.41, 5.74) is 2.60. The minimum absolute atomic E-state index is 0. The van der Waals surface area contributed by atoms with Gasteiger partial charge in [0.1, 0.15) is 5.75 Å². The molecule has 0 amide bonds. The molecule has 0 bridgehead atoms. The Morgan fingerprint density at radius 1 is 1.37 bits per heavy atom. The van der Waals surface area contributed by atoms with E-state index in [-0.39, 0.29) is 30.1 Å². The van der Waals surface area contributed by atoms with E-state index in [9.17, 15) is 5.11 Å². The number of methoxy groups -OCH3 is 1. The van der Waals surface area contributed by atoms with Crippen LogP contribution in [0.1, 0.15) is 38.2 Å². The Labute approximate surface area is 179 Å². The van der Waals surface area contributed by atoms with Crippen molar-refractivity contribution in [2.75, 3.05) is 33.3 Å². The lowest BCUT2D eigenvalue weighted by molar-refractivity contribution is 0.136. The molecule has 1 aliphatic carbocycles. The Morgan fingerprint density at radius 3 is 2.85 bits per heavy atom. The third-order valence-electron chi connectivity index (χ3n) is 5.38. The van der Waals surface area contributed by atoms with E-state index < -0.39 is 0 Å². The maximum absolute atomic E-state index is 10.0. The van der Waals surface area contributed by atoms with Crippen molar-refractivity contribution in [3.05, 3.63) is 35.9 Å². The lowest BCUT2D eigenvalue weighted by Crippen LogP contribution is -2.43. The number of benzene rings is 1. The predicted octanol–water partition coefficient (Wildman–Crippen LogP) is 3.53. The summed E-state index contributed by atoms with van der Waals surface area (Å²) < 4.78 is 5.34. The molecule has 1 heterocycles. The van der Waals surface area contributed by atoms with Crippen LogP contribution in [-0.2, 0) is 0 Å². The highest BCUT2D eigenvalue weighted by molar-refractivity contribution is 14.0. The molecule has 0 saturated heterocycles. The Morgan fingerprint density at radius 2 is 2.22 bits per heavy atom. The molecule has 0 spiro atoms. The van der Waals surface area contributed by atoms with E-state index >= 15 is 0 Å². The Hall–Kier alpha value is -1.28. The number of hydrogen-bond donors (Lipinski definition) is 2. The summed E-state index contributed by atoms with van der Waals surface area (Å²) in [6.45, 7) is 5.47. The van der Waals surface area contributed by atoms with E-state index in [2.05, 4.69) is 35.3 Å². The molecule has 3 rings (SSSR count). The van der Waals surface area contributed by atoms with Gasteiger partial charge in [-0.3, -0.25) is 4.99 Å². The number of nitrogens with zero attached hydrogens (tertiary/aromatic N) is 2. The van der Waals surface area contributed by atoms with Gasteiger partial charge in [-0.15, -0.1) is 24.0 Å². The molecule has 1 aromatic carbocycles. The average Bonchev–Trinajstić information content (AvgIpc) is 3.10. The highest BCUT2D eigenvalue weighted by Crippen LogP contribution is 2.27. The summed E-state index contributed by atoms with van der Waals surface area (Å²) >= 11 is 0. The van der Waals surface area contributed by atoms with E-state index in [0.717, 1.165) is 57.0 Å². The Balaban J connectivity index is 0.00000261. The second-order valence-electron chi connectivity index (χ2n) is 7.11. The number of nitrogens with one attached hydrogen (secondary N) is 1. The van der Waals surface area contributed by atoms with Crippen molar-refractivity contribution in [1.82, 2.24) is 10.2 Å². The van der Waals surface area contributed by atoms with Crippen molar-refractivity contribution in [2.24, 2.45) is 10.9 Å². The van der Waals surface area contributed by atoms with Crippen molar-refractivity contribution in [3.63, 3.8) is 0 Å². The molecule has 2 N–H and O–H groups in total. The summed E-state index contributed by atoms with van der Waals surface area (Å²) in [4.78, 5) is 7.12. The van der Waals surface area contributed by atoms with Crippen LogP contribution in [0.2, 0.25) is 0 Å². The fourth-order valence-corrected chi connectivity index (χ4v) is 3.81. The highest BCUT2D eigenvalue weighted by atomic mass is 127. The zero-order chi connectivity index (χ0) is 18.4. The van der Waals surface area contributed by atoms with Gasteiger partial charge in [-0.1, -0.05) is 24.6 Å². The van der Waals surface area contributed by atoms with Gasteiger partial charge in [0, 0.05) is 32.1 Å². The van der Waals surface area contributed by atoms with E-state index in [0.29, 0.717) is 12.5 Å². The number of ether oxygens (including phenoxy) is 1. The molecule has 2 unspecified atom stereocenters. The van der Waals surface area contributed by atoms with E-state index in [1.165, 1.54) is 11.1 Å². The van der Waals surface area contributed by atoms with Crippen LogP contribution in [0.4, 0.5) is 0 Å². The minimum atomic E-state index is -0.178. The molecule has 1 saturated carbocycles. The van der Waals surface area contributed by atoms with Gasteiger partial charge in [0.15, 0.2) is 5.96 Å². The van der Waals surface area contributed by atoms with Crippen LogP contribution in [0.25, 0.3) is 5.57 Å². The molecule has 6 heteroatoms. The third kappa shape index (κ3) is 5.85. The van der Waals surface area contributed by atoms with Crippen LogP contribution >= 0.6 is 24.0 Å². The van der Waals surface area contributed by atoms with Crippen LogP contribution in [-0.4, -0.2) is 55.4 Å². The summed E-state index contributed by atoms with van der Waals surface area (Å²) in [5.74, 6) is 2.18. The number of halogens is 1. The number of rotatable bonds is 5. The number of aliphatic hydroxyl groups is 1. The lowest BCUT2D eigenvalue weighted by atomic mass is 9.99. The standard InChI is InChI=1S/C21H31N3O2.HI/c1-3-22-21(23-15-18-7-5-9-20(18)25)24-12-10-16(11-13-24)17-6-4-8-19(14-17)26-2;/h4,6,8,10,14,18,20,25H,3,5,7,9,11-13,15H2,1-2H3,(H,22,23);1H. The fraction of sp³-hybridized carbons (Fsp3) is 0.571. The average molecular weight is 485 g/mol. The number of aliphatic imine (C=N–C) groups is 1. The van der Waals surface area contributed by atoms with E-state index in [4.69, 9.17) is 9.73 Å². The molecule has 0 aromatic heterocycles. The summed E-state index contributed by atoms with van der Waals surface area (Å²) in [6.07, 6.45) is 6.23. The van der Waals surface area contributed by atoms with Crippen molar-refractivity contribution < 1.29 is 9.84 Å². The van der Waals surface area contributed by atoms with E-state index in [1.54, 1.807) is 7.11 Å². The van der Waals surface area contributed by atoms with Crippen LogP contribution < -0.4 is 10.1 Å². The van der Waals surface area contributed by atoms with Crippen molar-refractivity contribution in [2.45, 2.75) is 38.7 Å². The zero-order valence-electron chi connectivity index (χ0n) is 16.4. The van der Waals surface area contributed by atoms with Crippen molar-refractivity contribution in [3.8, 4) is 5.75 Å². The van der Waals surface area contributed by atoms with Crippen molar-refractivity contribution in [1.29, 1.82) is 0 Å². The predicted molar refractivity (Wildman–Crippen MR) is 122 cm³/mol. The number of hydrogen-bond acceptors (Lipinski definition) is 3. The van der Waals surface area contributed by atoms with Gasteiger partial charge in [-0.25, -0.2) is 0 Å². The molecule has 1 fully saturated rings. The van der Waals surface area contributed by atoms with E-state index in [1.807, 2.05) is 12.1 Å². The first kappa shape index (κ1) is 22.0. The topological polar surface area (TPSA) is 57.1 Å². The van der Waals surface area contributed by atoms with Gasteiger partial charge in [0.25, 0.3) is 0 Å². The quantitative estimate of drug-likeness (QED) is 0.381. The van der Waals surface area contributed by atoms with Gasteiger partial charge >= 0.3 is 0 Å². The second kappa shape index (κ2) is 10.9. The van der Waals surface area contributed by atoms with Gasteiger partial charge < -0.3 is 20.1 Å². The summed E-state index contributed by atoms with van der Waals surface area (Å²) in [7, 11) is 1.70. The maximum atomic E-state index is 10.0. The number of guanidine groups is 1. The maximum Gasteiger partial charge on any atom is 0.194 e. The highest BCUT2D eigenvalue weighted by Gasteiger charge is 2.25. The van der Waals surface area contributed by atoms with Crippen LogP contribution in [0.3, 0.4) is 0 Å². The summed E-state index contributed by atoms with van der Waals surface area (Å²) in [6, 6.07) is 8.26. The molecule has 5 nitrogen and oxygen atoms in total. The molecular formula is C21H32IN3O2. The van der Waals surface area contributed by atoms with Gasteiger partial charge in [0.05, 0.1) is 13.2 Å². The molecule has 2 aliphatic rings. The largest absolute Gasteiger partial charge is 0.497 e. The molecule has 1 aromatic rings. The van der Waals surface area contributed by atoms with Crippen LogP contribution in [0.5, 0.6) is 5.75 Å². The smallest absolute Gasteiger partial charge is 0.194 e. The molecule has 0 radical (unpaired) electrons. The molecule has 150 valence electrons. The van der Waals surface area contributed by atoms with Crippen molar-refractivity contribution >= 4 is 35.5 Å². The third-order valence-corrected chi connectivity index (χ3v) is 5.38. The Kier molecular flexibility index (Phi) is 8.89. The number of aliphatic hydroxyl groups excluding tert-OH is 1. The molecule has 27 heavy (non-hydrogen) atoms. The monoisotopic (exact) mass is 485 g/mol.